The Morgan fingerprint density at radius 3 is 2.89 bits per heavy atom. The fraction of sp³-hybridized carbons (Fsp3) is 0.500. The van der Waals surface area contributed by atoms with Crippen molar-refractivity contribution in [2.24, 2.45) is 5.92 Å². The summed E-state index contributed by atoms with van der Waals surface area (Å²) in [5, 5.41) is 9.25. The van der Waals surface area contributed by atoms with Crippen LogP contribution in [0.5, 0.6) is 5.75 Å². The van der Waals surface area contributed by atoms with E-state index in [-0.39, 0.29) is 0 Å². The number of piperidine rings is 1. The molecule has 1 aliphatic heterocycles. The van der Waals surface area contributed by atoms with Gasteiger partial charge in [0.25, 0.3) is 0 Å². The van der Waals surface area contributed by atoms with Gasteiger partial charge in [-0.1, -0.05) is 11.6 Å². The van der Waals surface area contributed by atoms with E-state index in [1.165, 1.54) is 4.90 Å². The lowest BCUT2D eigenvalue weighted by molar-refractivity contribution is 0.111. The monoisotopic (exact) mass is 348 g/mol. The molecule has 7 heteroatoms. The molecule has 1 aliphatic rings. The molecule has 19 heavy (non-hydrogen) atoms. The van der Waals surface area contributed by atoms with Gasteiger partial charge in [0, 0.05) is 25.4 Å². The third-order valence-corrected chi connectivity index (χ3v) is 3.95. The Labute approximate surface area is 124 Å². The average molecular weight is 350 g/mol. The van der Waals surface area contributed by atoms with Crippen LogP contribution in [0, 0.1) is 5.92 Å². The van der Waals surface area contributed by atoms with E-state index in [1.54, 1.807) is 12.3 Å². The zero-order chi connectivity index (χ0) is 13.8. The Morgan fingerprint density at radius 2 is 2.26 bits per heavy atom. The number of hydrogen-bond acceptors (Lipinski definition) is 3. The maximum atomic E-state index is 10.8. The van der Waals surface area contributed by atoms with Crippen LogP contribution in [0.15, 0.2) is 16.7 Å². The van der Waals surface area contributed by atoms with E-state index < -0.39 is 6.09 Å². The highest BCUT2D eigenvalue weighted by Gasteiger charge is 2.22. The molecule has 0 saturated carbocycles. The first kappa shape index (κ1) is 14.4. The number of ether oxygens (including phenoxy) is 1. The molecule has 5 nitrogen and oxygen atoms in total. The van der Waals surface area contributed by atoms with Gasteiger partial charge in [0.2, 0.25) is 0 Å². The molecule has 1 aromatic heterocycles. The zero-order valence-electron chi connectivity index (χ0n) is 10.2. The molecule has 1 saturated heterocycles. The number of aromatic nitrogens is 1. The molecule has 104 valence electrons. The standard InChI is InChI=1S/C12H14BrClN2O3/c13-9-6-15-11(14)5-10(9)19-7-8-1-3-16(4-2-8)12(17)18/h5-6,8H,1-4,7H2,(H,17,18). The van der Waals surface area contributed by atoms with Crippen LogP contribution in [-0.4, -0.2) is 40.8 Å². The van der Waals surface area contributed by atoms with Crippen LogP contribution in [0.1, 0.15) is 12.8 Å². The minimum Gasteiger partial charge on any atom is -0.492 e. The highest BCUT2D eigenvalue weighted by atomic mass is 79.9. The summed E-state index contributed by atoms with van der Waals surface area (Å²) in [6.45, 7) is 1.70. The second-order valence-electron chi connectivity index (χ2n) is 4.46. The van der Waals surface area contributed by atoms with Gasteiger partial charge in [0.15, 0.2) is 0 Å². The van der Waals surface area contributed by atoms with Crippen molar-refractivity contribution in [1.82, 2.24) is 9.88 Å². The van der Waals surface area contributed by atoms with Gasteiger partial charge in [0.05, 0.1) is 11.1 Å². The Balaban J connectivity index is 1.83. The highest BCUT2D eigenvalue weighted by molar-refractivity contribution is 9.10. The maximum absolute atomic E-state index is 10.8. The molecule has 1 N–H and O–H groups in total. The minimum absolute atomic E-state index is 0.370. The summed E-state index contributed by atoms with van der Waals surface area (Å²) in [6, 6.07) is 1.66. The smallest absolute Gasteiger partial charge is 0.407 e. The van der Waals surface area contributed by atoms with Crippen LogP contribution in [0.3, 0.4) is 0 Å². The fourth-order valence-corrected chi connectivity index (χ4v) is 2.48. The number of carbonyl (C=O) groups is 1. The SMILES string of the molecule is O=C(O)N1CCC(COc2cc(Cl)ncc2Br)CC1. The molecule has 1 amide bonds. The average Bonchev–Trinajstić information content (AvgIpc) is 2.40. The van der Waals surface area contributed by atoms with E-state index >= 15 is 0 Å². The first-order valence-corrected chi connectivity index (χ1v) is 7.15. The topological polar surface area (TPSA) is 62.7 Å². The lowest BCUT2D eigenvalue weighted by Gasteiger charge is -2.29. The maximum Gasteiger partial charge on any atom is 0.407 e. The van der Waals surface area contributed by atoms with Gasteiger partial charge in [-0.3, -0.25) is 0 Å². The predicted octanol–water partition coefficient (Wildman–Crippen LogP) is 3.27. The summed E-state index contributed by atoms with van der Waals surface area (Å²) in [5.41, 5.74) is 0. The van der Waals surface area contributed by atoms with Crippen LogP contribution in [-0.2, 0) is 0 Å². The van der Waals surface area contributed by atoms with Crippen LogP contribution in [0.2, 0.25) is 5.15 Å². The number of carboxylic acid groups (broad SMARTS) is 1. The van der Waals surface area contributed by atoms with Crippen molar-refractivity contribution in [2.75, 3.05) is 19.7 Å². The van der Waals surface area contributed by atoms with Crippen molar-refractivity contribution in [3.05, 3.63) is 21.9 Å². The minimum atomic E-state index is -0.844. The van der Waals surface area contributed by atoms with Crippen molar-refractivity contribution >= 4 is 33.6 Å². The van der Waals surface area contributed by atoms with Gasteiger partial charge in [-0.15, -0.1) is 0 Å². The van der Waals surface area contributed by atoms with E-state index in [4.69, 9.17) is 21.4 Å². The predicted molar refractivity (Wildman–Crippen MR) is 74.8 cm³/mol. The number of pyridine rings is 1. The second-order valence-corrected chi connectivity index (χ2v) is 5.70. The summed E-state index contributed by atoms with van der Waals surface area (Å²) >= 11 is 9.16. The van der Waals surface area contributed by atoms with Crippen LogP contribution >= 0.6 is 27.5 Å². The van der Waals surface area contributed by atoms with Gasteiger partial charge in [-0.25, -0.2) is 9.78 Å². The van der Waals surface area contributed by atoms with Crippen molar-refractivity contribution < 1.29 is 14.6 Å². The Kier molecular flexibility index (Phi) is 4.87. The van der Waals surface area contributed by atoms with E-state index in [1.807, 2.05) is 0 Å². The summed E-state index contributed by atoms with van der Waals surface area (Å²) in [5.74, 6) is 1.04. The first-order valence-electron chi connectivity index (χ1n) is 5.98. The molecule has 0 bridgehead atoms. The van der Waals surface area contributed by atoms with Gasteiger partial charge >= 0.3 is 6.09 Å². The summed E-state index contributed by atoms with van der Waals surface area (Å²) < 4.78 is 6.48. The fourth-order valence-electron chi connectivity index (χ4n) is 2.01. The molecule has 2 heterocycles. The lowest BCUT2D eigenvalue weighted by atomic mass is 9.98. The molecule has 0 radical (unpaired) electrons. The zero-order valence-corrected chi connectivity index (χ0v) is 12.5. The lowest BCUT2D eigenvalue weighted by Crippen LogP contribution is -2.38. The van der Waals surface area contributed by atoms with Gasteiger partial charge in [-0.2, -0.15) is 0 Å². The molecule has 0 spiro atoms. The van der Waals surface area contributed by atoms with E-state index in [0.29, 0.717) is 36.5 Å². The molecule has 1 fully saturated rings. The Bertz CT molecular complexity index is 464. The van der Waals surface area contributed by atoms with Crippen LogP contribution in [0.25, 0.3) is 0 Å². The van der Waals surface area contributed by atoms with E-state index in [2.05, 4.69) is 20.9 Å². The first-order chi connectivity index (χ1) is 9.06. The van der Waals surface area contributed by atoms with Crippen molar-refractivity contribution in [2.45, 2.75) is 12.8 Å². The number of hydrogen-bond donors (Lipinski definition) is 1. The molecule has 0 aromatic carbocycles. The molecular weight excluding hydrogens is 336 g/mol. The van der Waals surface area contributed by atoms with Crippen molar-refractivity contribution in [3.8, 4) is 5.75 Å². The highest BCUT2D eigenvalue weighted by Crippen LogP contribution is 2.27. The third kappa shape index (κ3) is 3.98. The number of halogens is 2. The molecular formula is C12H14BrClN2O3. The van der Waals surface area contributed by atoms with Gasteiger partial charge in [0.1, 0.15) is 10.9 Å². The molecule has 1 aromatic rings. The Hall–Kier alpha value is -1.01. The number of likely N-dealkylation sites (tertiary alicyclic amines) is 1. The molecule has 0 atom stereocenters. The number of amides is 1. The van der Waals surface area contributed by atoms with Gasteiger partial charge < -0.3 is 14.7 Å². The number of rotatable bonds is 3. The summed E-state index contributed by atoms with van der Waals surface area (Å²) in [4.78, 5) is 16.2. The second kappa shape index (κ2) is 6.43. The summed E-state index contributed by atoms with van der Waals surface area (Å²) in [7, 11) is 0. The largest absolute Gasteiger partial charge is 0.492 e. The van der Waals surface area contributed by atoms with Crippen LogP contribution in [0.4, 0.5) is 4.79 Å². The molecule has 0 unspecified atom stereocenters. The van der Waals surface area contributed by atoms with E-state index in [0.717, 1.165) is 17.3 Å². The van der Waals surface area contributed by atoms with Crippen molar-refractivity contribution in [3.63, 3.8) is 0 Å². The van der Waals surface area contributed by atoms with Crippen molar-refractivity contribution in [1.29, 1.82) is 0 Å². The van der Waals surface area contributed by atoms with Gasteiger partial charge in [-0.05, 0) is 34.7 Å². The quantitative estimate of drug-likeness (QED) is 0.851. The Morgan fingerprint density at radius 1 is 1.58 bits per heavy atom. The number of nitrogens with zero attached hydrogens (tertiary/aromatic N) is 2. The normalized spacial score (nSPS) is 16.4. The van der Waals surface area contributed by atoms with Crippen LogP contribution < -0.4 is 4.74 Å². The van der Waals surface area contributed by atoms with E-state index in [9.17, 15) is 4.79 Å². The molecule has 0 aliphatic carbocycles. The summed E-state index contributed by atoms with van der Waals surface area (Å²) in [6.07, 6.45) is 2.40. The third-order valence-electron chi connectivity index (χ3n) is 3.15. The molecule has 2 rings (SSSR count).